The molecule has 0 radical (unpaired) electrons. The third-order valence-electron chi connectivity index (χ3n) is 2.83. The highest BCUT2D eigenvalue weighted by Gasteiger charge is 2.63. The number of hydrogen-bond donors (Lipinski definition) is 1. The van der Waals surface area contributed by atoms with Crippen molar-refractivity contribution in [1.82, 2.24) is 5.01 Å². The molecule has 0 aromatic carbocycles. The molecule has 1 atom stereocenters. The molecule has 1 rings (SSSR count). The number of amides is 1. The van der Waals surface area contributed by atoms with Crippen LogP contribution in [0.3, 0.4) is 0 Å². The van der Waals surface area contributed by atoms with Crippen LogP contribution in [0.4, 0.5) is 13.2 Å². The van der Waals surface area contributed by atoms with E-state index in [1.54, 1.807) is 13.8 Å². The summed E-state index contributed by atoms with van der Waals surface area (Å²) >= 11 is 0. The smallest absolute Gasteiger partial charge is 0.362 e. The van der Waals surface area contributed by atoms with E-state index in [-0.39, 0.29) is 16.6 Å². The molecular formula is C11H17F3N2O2. The topological polar surface area (TPSA) is 52.9 Å². The van der Waals surface area contributed by atoms with Crippen LogP contribution in [0.25, 0.3) is 0 Å². The predicted octanol–water partition coefficient (Wildman–Crippen LogP) is 2.14. The first-order valence-corrected chi connectivity index (χ1v) is 5.71. The predicted molar refractivity (Wildman–Crippen MR) is 59.6 cm³/mol. The first-order chi connectivity index (χ1) is 8.00. The van der Waals surface area contributed by atoms with Crippen molar-refractivity contribution in [2.75, 3.05) is 0 Å². The molecule has 0 spiro atoms. The molecule has 1 N–H and O–H groups in total. The van der Waals surface area contributed by atoms with Gasteiger partial charge < -0.3 is 5.11 Å². The van der Waals surface area contributed by atoms with Crippen LogP contribution in [-0.4, -0.2) is 33.6 Å². The van der Waals surface area contributed by atoms with Gasteiger partial charge in [0.1, 0.15) is 0 Å². The molecule has 0 bridgehead atoms. The highest BCUT2D eigenvalue weighted by atomic mass is 19.4. The molecule has 18 heavy (non-hydrogen) atoms. The van der Waals surface area contributed by atoms with Gasteiger partial charge in [-0.1, -0.05) is 27.7 Å². The molecule has 1 aliphatic heterocycles. The van der Waals surface area contributed by atoms with Gasteiger partial charge in [-0.05, 0) is 5.92 Å². The van der Waals surface area contributed by atoms with Crippen LogP contribution in [0.2, 0.25) is 0 Å². The standard InChI is InChI=1S/C11H17F3N2O2/c1-6(2)8-5-10(18,11(12,13)14)16(15-8)9(17)7(3)4/h6-7,18H,5H2,1-4H3. The van der Waals surface area contributed by atoms with E-state index in [1.807, 2.05) is 0 Å². The van der Waals surface area contributed by atoms with E-state index in [1.165, 1.54) is 13.8 Å². The zero-order chi connectivity index (χ0) is 14.3. The maximum atomic E-state index is 12.9. The number of alkyl halides is 3. The number of hydrogen-bond acceptors (Lipinski definition) is 3. The van der Waals surface area contributed by atoms with Crippen LogP contribution < -0.4 is 0 Å². The summed E-state index contributed by atoms with van der Waals surface area (Å²) in [5.74, 6) is -1.77. The van der Waals surface area contributed by atoms with Gasteiger partial charge in [-0.3, -0.25) is 4.79 Å². The van der Waals surface area contributed by atoms with E-state index < -0.39 is 30.1 Å². The fourth-order valence-corrected chi connectivity index (χ4v) is 1.59. The Labute approximate surface area is 103 Å². The Hall–Kier alpha value is -1.11. The van der Waals surface area contributed by atoms with Gasteiger partial charge in [0.2, 0.25) is 5.91 Å². The maximum absolute atomic E-state index is 12.9. The van der Waals surface area contributed by atoms with Gasteiger partial charge in [-0.25, -0.2) is 0 Å². The quantitative estimate of drug-likeness (QED) is 0.832. The van der Waals surface area contributed by atoms with Gasteiger partial charge in [0, 0.05) is 18.1 Å². The van der Waals surface area contributed by atoms with Crippen molar-refractivity contribution >= 4 is 11.6 Å². The van der Waals surface area contributed by atoms with E-state index in [4.69, 9.17) is 0 Å². The molecule has 0 saturated carbocycles. The van der Waals surface area contributed by atoms with Crippen LogP contribution in [0, 0.1) is 11.8 Å². The van der Waals surface area contributed by atoms with Gasteiger partial charge in [-0.15, -0.1) is 0 Å². The zero-order valence-electron chi connectivity index (χ0n) is 10.7. The lowest BCUT2D eigenvalue weighted by Crippen LogP contribution is -2.57. The van der Waals surface area contributed by atoms with Crippen LogP contribution in [0.1, 0.15) is 34.1 Å². The molecule has 1 amide bonds. The van der Waals surface area contributed by atoms with E-state index in [0.717, 1.165) is 0 Å². The summed E-state index contributed by atoms with van der Waals surface area (Å²) in [5, 5.41) is 13.6. The molecular weight excluding hydrogens is 249 g/mol. The van der Waals surface area contributed by atoms with Crippen LogP contribution in [-0.2, 0) is 4.79 Å². The third kappa shape index (κ3) is 2.36. The third-order valence-corrected chi connectivity index (χ3v) is 2.83. The second kappa shape index (κ2) is 4.53. The van der Waals surface area contributed by atoms with E-state index >= 15 is 0 Å². The monoisotopic (exact) mass is 266 g/mol. The van der Waals surface area contributed by atoms with E-state index in [9.17, 15) is 23.1 Å². The fourth-order valence-electron chi connectivity index (χ4n) is 1.59. The summed E-state index contributed by atoms with van der Waals surface area (Å²) in [6.45, 7) is 6.25. The summed E-state index contributed by atoms with van der Waals surface area (Å²) in [6, 6.07) is 0. The molecule has 7 heteroatoms. The summed E-state index contributed by atoms with van der Waals surface area (Å²) in [5.41, 5.74) is -3.04. The highest BCUT2D eigenvalue weighted by Crippen LogP contribution is 2.41. The number of carbonyl (C=O) groups is 1. The normalized spacial score (nSPS) is 25.0. The van der Waals surface area contributed by atoms with Crippen LogP contribution >= 0.6 is 0 Å². The lowest BCUT2D eigenvalue weighted by atomic mass is 9.98. The minimum Gasteiger partial charge on any atom is -0.362 e. The second-order valence-corrected chi connectivity index (χ2v) is 5.04. The molecule has 0 aromatic rings. The molecule has 1 unspecified atom stereocenters. The highest BCUT2D eigenvalue weighted by molar-refractivity contribution is 5.92. The Balaban J connectivity index is 3.18. The molecule has 104 valence electrons. The van der Waals surface area contributed by atoms with Crippen molar-refractivity contribution in [2.24, 2.45) is 16.9 Å². The molecule has 1 heterocycles. The Morgan fingerprint density at radius 1 is 1.39 bits per heavy atom. The summed E-state index contributed by atoms with van der Waals surface area (Å²) in [7, 11) is 0. The largest absolute Gasteiger partial charge is 0.438 e. The van der Waals surface area contributed by atoms with Gasteiger partial charge in [-0.2, -0.15) is 23.3 Å². The number of aliphatic hydroxyl groups is 1. The number of halogens is 3. The number of nitrogens with zero attached hydrogens (tertiary/aromatic N) is 2. The number of hydrazone groups is 1. The molecule has 0 fully saturated rings. The van der Waals surface area contributed by atoms with Gasteiger partial charge in [0.15, 0.2) is 0 Å². The van der Waals surface area contributed by atoms with Gasteiger partial charge in [0.25, 0.3) is 5.72 Å². The first kappa shape index (κ1) is 14.9. The van der Waals surface area contributed by atoms with E-state index in [2.05, 4.69) is 5.10 Å². The summed E-state index contributed by atoms with van der Waals surface area (Å²) in [6.07, 6.45) is -5.62. The van der Waals surface area contributed by atoms with Crippen molar-refractivity contribution in [3.05, 3.63) is 0 Å². The van der Waals surface area contributed by atoms with Crippen molar-refractivity contribution < 1.29 is 23.1 Å². The van der Waals surface area contributed by atoms with Gasteiger partial charge >= 0.3 is 6.18 Å². The number of rotatable bonds is 2. The zero-order valence-corrected chi connectivity index (χ0v) is 10.7. The average molecular weight is 266 g/mol. The van der Waals surface area contributed by atoms with Crippen LogP contribution in [0.5, 0.6) is 0 Å². The second-order valence-electron chi connectivity index (χ2n) is 5.04. The molecule has 0 aromatic heterocycles. The molecule has 4 nitrogen and oxygen atoms in total. The Morgan fingerprint density at radius 3 is 2.22 bits per heavy atom. The maximum Gasteiger partial charge on any atom is 0.438 e. The Bertz CT molecular complexity index is 377. The average Bonchev–Trinajstić information content (AvgIpc) is 2.55. The summed E-state index contributed by atoms with van der Waals surface area (Å²) < 4.78 is 38.8. The van der Waals surface area contributed by atoms with Crippen LogP contribution in [0.15, 0.2) is 5.10 Å². The van der Waals surface area contributed by atoms with E-state index in [0.29, 0.717) is 0 Å². The minimum atomic E-state index is -4.93. The number of carbonyl (C=O) groups excluding carboxylic acids is 1. The van der Waals surface area contributed by atoms with Crippen molar-refractivity contribution in [2.45, 2.75) is 46.0 Å². The Kier molecular flexibility index (Phi) is 3.76. The van der Waals surface area contributed by atoms with Crippen molar-refractivity contribution in [3.63, 3.8) is 0 Å². The van der Waals surface area contributed by atoms with Crippen molar-refractivity contribution in [3.8, 4) is 0 Å². The molecule has 1 aliphatic rings. The molecule has 0 aliphatic carbocycles. The lowest BCUT2D eigenvalue weighted by Gasteiger charge is -2.33. The van der Waals surface area contributed by atoms with Gasteiger partial charge in [0.05, 0.1) is 0 Å². The fraction of sp³-hybridized carbons (Fsp3) is 0.818. The SMILES string of the molecule is CC(C)C(=O)N1N=C(C(C)C)CC1(O)C(F)(F)F. The Morgan fingerprint density at radius 2 is 1.89 bits per heavy atom. The first-order valence-electron chi connectivity index (χ1n) is 5.71. The lowest BCUT2D eigenvalue weighted by molar-refractivity contribution is -0.303. The summed E-state index contributed by atoms with van der Waals surface area (Å²) in [4.78, 5) is 11.7. The van der Waals surface area contributed by atoms with Crippen molar-refractivity contribution in [1.29, 1.82) is 0 Å². The minimum absolute atomic E-state index is 0.170. The molecule has 0 saturated heterocycles.